The van der Waals surface area contributed by atoms with Gasteiger partial charge in [0, 0.05) is 37.7 Å². The van der Waals surface area contributed by atoms with Crippen LogP contribution in [0.3, 0.4) is 0 Å². The van der Waals surface area contributed by atoms with Crippen molar-refractivity contribution in [1.82, 2.24) is 15.3 Å². The standard InChI is InChI=1S/C27H33ClN4O4/c28-22-15-29-14-21(17-4-5-17)24(22)26(33)32-23(27(34)35)9-11-36-20-12-16(13-20)3-7-19-8-6-18-2-1-10-30-25(18)31-19/h6,8,14-17,20,23H,1-5,7,9-13H2,(H,30,31)(H,32,33)(H,34,35)/t16?,20?,23-/m0/s1. The maximum Gasteiger partial charge on any atom is 0.326 e. The topological polar surface area (TPSA) is 113 Å². The molecule has 1 aliphatic heterocycles. The Kier molecular flexibility index (Phi) is 7.72. The van der Waals surface area contributed by atoms with Gasteiger partial charge in [-0.25, -0.2) is 9.78 Å². The number of hydrogen-bond acceptors (Lipinski definition) is 6. The van der Waals surface area contributed by atoms with Gasteiger partial charge in [-0.1, -0.05) is 17.7 Å². The molecular weight excluding hydrogens is 480 g/mol. The van der Waals surface area contributed by atoms with E-state index in [1.807, 2.05) is 0 Å². The summed E-state index contributed by atoms with van der Waals surface area (Å²) in [5.41, 5.74) is 3.58. The first kappa shape index (κ1) is 25.0. The lowest BCUT2D eigenvalue weighted by Gasteiger charge is -2.35. The number of aromatic nitrogens is 2. The van der Waals surface area contributed by atoms with E-state index in [9.17, 15) is 14.7 Å². The van der Waals surface area contributed by atoms with Crippen LogP contribution in [-0.2, 0) is 22.4 Å². The number of hydrogen-bond donors (Lipinski definition) is 3. The van der Waals surface area contributed by atoms with Crippen molar-refractivity contribution in [2.45, 2.75) is 75.9 Å². The fraction of sp³-hybridized carbons (Fsp3) is 0.556. The largest absolute Gasteiger partial charge is 0.480 e. The molecule has 192 valence electrons. The van der Waals surface area contributed by atoms with Gasteiger partial charge in [0.25, 0.3) is 5.91 Å². The molecule has 0 radical (unpaired) electrons. The van der Waals surface area contributed by atoms with Crippen molar-refractivity contribution < 1.29 is 19.4 Å². The number of anilines is 1. The molecule has 3 heterocycles. The molecule has 0 aromatic carbocycles. The van der Waals surface area contributed by atoms with Crippen molar-refractivity contribution in [3.63, 3.8) is 0 Å². The Bertz CT molecular complexity index is 1120. The Hall–Kier alpha value is -2.71. The normalized spacial score (nSPS) is 21.6. The number of pyridine rings is 2. The van der Waals surface area contributed by atoms with Crippen molar-refractivity contribution in [3.05, 3.63) is 51.9 Å². The van der Waals surface area contributed by atoms with Crippen molar-refractivity contribution >= 4 is 29.3 Å². The van der Waals surface area contributed by atoms with Gasteiger partial charge in [0.2, 0.25) is 0 Å². The number of halogens is 1. The Morgan fingerprint density at radius 2 is 2.08 bits per heavy atom. The van der Waals surface area contributed by atoms with E-state index in [1.165, 1.54) is 11.8 Å². The number of fused-ring (bicyclic) bond motifs is 1. The van der Waals surface area contributed by atoms with E-state index in [0.717, 1.165) is 75.0 Å². The van der Waals surface area contributed by atoms with E-state index < -0.39 is 17.9 Å². The molecule has 0 bridgehead atoms. The first-order chi connectivity index (χ1) is 17.5. The molecule has 2 aromatic rings. The van der Waals surface area contributed by atoms with Crippen LogP contribution in [-0.4, -0.2) is 52.2 Å². The summed E-state index contributed by atoms with van der Waals surface area (Å²) in [4.78, 5) is 33.5. The summed E-state index contributed by atoms with van der Waals surface area (Å²) in [5.74, 6) is 0.374. The van der Waals surface area contributed by atoms with E-state index in [2.05, 4.69) is 27.8 Å². The molecule has 0 unspecified atom stereocenters. The number of nitrogens with one attached hydrogen (secondary N) is 2. The molecule has 8 nitrogen and oxygen atoms in total. The summed E-state index contributed by atoms with van der Waals surface area (Å²) in [5, 5.41) is 15.9. The molecular formula is C27H33ClN4O4. The number of carbonyl (C=O) groups excluding carboxylic acids is 1. The summed E-state index contributed by atoms with van der Waals surface area (Å²) in [7, 11) is 0. The molecule has 0 spiro atoms. The van der Waals surface area contributed by atoms with Crippen LogP contribution in [0.25, 0.3) is 0 Å². The predicted octanol–water partition coefficient (Wildman–Crippen LogP) is 4.37. The molecule has 36 heavy (non-hydrogen) atoms. The third-order valence-corrected chi connectivity index (χ3v) is 7.78. The maximum atomic E-state index is 12.9. The minimum absolute atomic E-state index is 0.148. The minimum atomic E-state index is -1.08. The van der Waals surface area contributed by atoms with Gasteiger partial charge in [-0.05, 0) is 80.4 Å². The molecule has 3 N–H and O–H groups in total. The van der Waals surface area contributed by atoms with Crippen LogP contribution in [0.15, 0.2) is 24.5 Å². The first-order valence-electron chi connectivity index (χ1n) is 13.0. The molecule has 9 heteroatoms. The summed E-state index contributed by atoms with van der Waals surface area (Å²) >= 11 is 6.24. The van der Waals surface area contributed by atoms with Crippen molar-refractivity contribution in [2.75, 3.05) is 18.5 Å². The highest BCUT2D eigenvalue weighted by Crippen LogP contribution is 2.42. The van der Waals surface area contributed by atoms with E-state index in [4.69, 9.17) is 21.3 Å². The van der Waals surface area contributed by atoms with Crippen molar-refractivity contribution in [2.24, 2.45) is 5.92 Å². The second-order valence-corrected chi connectivity index (χ2v) is 10.6. The summed E-state index contributed by atoms with van der Waals surface area (Å²) in [6.07, 6.45) is 11.7. The number of carboxylic acids is 1. The number of aryl methyl sites for hydroxylation is 2. The van der Waals surface area contributed by atoms with Gasteiger partial charge in [-0.15, -0.1) is 0 Å². The number of carboxylic acid groups (broad SMARTS) is 1. The Labute approximate surface area is 216 Å². The minimum Gasteiger partial charge on any atom is -0.480 e. The highest BCUT2D eigenvalue weighted by atomic mass is 35.5. The zero-order chi connectivity index (χ0) is 25.1. The Morgan fingerprint density at radius 3 is 2.86 bits per heavy atom. The highest BCUT2D eigenvalue weighted by Gasteiger charge is 2.32. The van der Waals surface area contributed by atoms with Gasteiger partial charge in [0.15, 0.2) is 0 Å². The predicted molar refractivity (Wildman–Crippen MR) is 137 cm³/mol. The van der Waals surface area contributed by atoms with Crippen LogP contribution in [0, 0.1) is 5.92 Å². The first-order valence-corrected chi connectivity index (χ1v) is 13.4. The summed E-state index contributed by atoms with van der Waals surface area (Å²) in [6, 6.07) is 3.31. The smallest absolute Gasteiger partial charge is 0.326 e. The molecule has 5 rings (SSSR count). The molecule has 2 fully saturated rings. The second-order valence-electron chi connectivity index (χ2n) is 10.2. The zero-order valence-corrected chi connectivity index (χ0v) is 21.1. The number of carbonyl (C=O) groups is 2. The van der Waals surface area contributed by atoms with Gasteiger partial charge in [-0.3, -0.25) is 9.78 Å². The Morgan fingerprint density at radius 1 is 1.25 bits per heavy atom. The fourth-order valence-electron chi connectivity index (χ4n) is 5.14. The zero-order valence-electron chi connectivity index (χ0n) is 20.3. The van der Waals surface area contributed by atoms with Gasteiger partial charge in [0.05, 0.1) is 16.7 Å². The van der Waals surface area contributed by atoms with Crippen LogP contribution in [0.5, 0.6) is 0 Å². The molecule has 2 aliphatic carbocycles. The van der Waals surface area contributed by atoms with Crippen LogP contribution >= 0.6 is 11.6 Å². The van der Waals surface area contributed by atoms with Gasteiger partial charge in [0.1, 0.15) is 11.9 Å². The summed E-state index contributed by atoms with van der Waals surface area (Å²) < 4.78 is 5.92. The number of ether oxygens (including phenoxy) is 1. The molecule has 2 aromatic heterocycles. The van der Waals surface area contributed by atoms with E-state index in [-0.39, 0.29) is 30.1 Å². The number of rotatable bonds is 11. The van der Waals surface area contributed by atoms with Crippen LogP contribution in [0.1, 0.15) is 78.0 Å². The van der Waals surface area contributed by atoms with E-state index >= 15 is 0 Å². The number of aliphatic carboxylic acids is 1. The molecule has 1 amide bonds. The van der Waals surface area contributed by atoms with E-state index in [0.29, 0.717) is 11.5 Å². The second kappa shape index (κ2) is 11.1. The van der Waals surface area contributed by atoms with Gasteiger partial charge >= 0.3 is 5.97 Å². The summed E-state index contributed by atoms with van der Waals surface area (Å²) in [6.45, 7) is 1.28. The third-order valence-electron chi connectivity index (χ3n) is 7.49. The average molecular weight is 513 g/mol. The van der Waals surface area contributed by atoms with E-state index in [1.54, 1.807) is 6.20 Å². The van der Waals surface area contributed by atoms with Crippen LogP contribution < -0.4 is 10.6 Å². The van der Waals surface area contributed by atoms with Gasteiger partial charge in [-0.2, -0.15) is 0 Å². The van der Waals surface area contributed by atoms with Crippen molar-refractivity contribution in [1.29, 1.82) is 0 Å². The fourth-order valence-corrected chi connectivity index (χ4v) is 5.39. The lowest BCUT2D eigenvalue weighted by molar-refractivity contribution is -0.140. The van der Waals surface area contributed by atoms with Crippen LogP contribution in [0.2, 0.25) is 5.02 Å². The quantitative estimate of drug-likeness (QED) is 0.409. The SMILES string of the molecule is O=C(N[C@@H](CCOC1CC(CCc2ccc3c(n2)NCCC3)C1)C(=O)O)c1c(Cl)cncc1C1CC1. The monoisotopic (exact) mass is 512 g/mol. The van der Waals surface area contributed by atoms with Crippen molar-refractivity contribution in [3.8, 4) is 0 Å². The van der Waals surface area contributed by atoms with Crippen LogP contribution in [0.4, 0.5) is 5.82 Å². The molecule has 0 saturated heterocycles. The average Bonchev–Trinajstić information content (AvgIpc) is 3.69. The lowest BCUT2D eigenvalue weighted by atomic mass is 9.79. The lowest BCUT2D eigenvalue weighted by Crippen LogP contribution is -2.42. The Balaban J connectivity index is 1.04. The number of nitrogens with zero attached hydrogens (tertiary/aromatic N) is 2. The number of amides is 1. The maximum absolute atomic E-state index is 12.9. The molecule has 1 atom stereocenters. The third kappa shape index (κ3) is 5.98. The van der Waals surface area contributed by atoms with Gasteiger partial charge < -0.3 is 20.5 Å². The highest BCUT2D eigenvalue weighted by molar-refractivity contribution is 6.34. The molecule has 3 aliphatic rings. The molecule has 2 saturated carbocycles.